The van der Waals surface area contributed by atoms with E-state index in [4.69, 9.17) is 15.3 Å². The van der Waals surface area contributed by atoms with Crippen molar-refractivity contribution >= 4 is 0 Å². The summed E-state index contributed by atoms with van der Waals surface area (Å²) in [5.74, 6) is -1.50. The first-order valence-corrected chi connectivity index (χ1v) is 4.71. The molecule has 0 fully saturated rings. The number of hydrogen-bond acceptors (Lipinski definition) is 4. The molecule has 0 unspecified atom stereocenters. The average Bonchev–Trinajstić information content (AvgIpc) is 2.12. The molecule has 1 atom stereocenters. The van der Waals surface area contributed by atoms with Crippen molar-refractivity contribution in [3.8, 4) is 0 Å². The Kier molecular flexibility index (Phi) is 13.5. The molecule has 0 rings (SSSR count). The van der Waals surface area contributed by atoms with Gasteiger partial charge in [-0.2, -0.15) is 0 Å². The van der Waals surface area contributed by atoms with Gasteiger partial charge in [-0.15, -0.1) is 13.2 Å². The van der Waals surface area contributed by atoms with Gasteiger partial charge >= 0.3 is 0 Å². The van der Waals surface area contributed by atoms with Gasteiger partial charge in [0.1, 0.15) is 5.60 Å². The molecule has 0 spiro atoms. The van der Waals surface area contributed by atoms with Gasteiger partial charge in [-0.05, 0) is 26.7 Å². The third-order valence-electron chi connectivity index (χ3n) is 1.44. The van der Waals surface area contributed by atoms with Gasteiger partial charge in [-0.3, -0.25) is 0 Å². The maximum absolute atomic E-state index is 9.34. The first-order chi connectivity index (χ1) is 6.68. The minimum Gasteiger partial charge on any atom is -0.393 e. The first kappa shape index (κ1) is 21.3. The van der Waals surface area contributed by atoms with Crippen LogP contribution < -0.4 is 0 Å². The number of aliphatic hydroxyl groups excluding tert-OH is 1. The maximum atomic E-state index is 9.34. The molecule has 0 aliphatic heterocycles. The number of allylic oxidation sites excluding steroid dienone is 1. The number of rotatable bonds is 5. The van der Waals surface area contributed by atoms with Crippen LogP contribution in [0.4, 0.5) is 0 Å². The van der Waals surface area contributed by atoms with Gasteiger partial charge in [0.05, 0.1) is 6.61 Å². The van der Waals surface area contributed by atoms with E-state index in [0.717, 1.165) is 0 Å². The van der Waals surface area contributed by atoms with Crippen molar-refractivity contribution in [2.75, 3.05) is 6.61 Å². The molecule has 5 heteroatoms. The third-order valence-corrected chi connectivity index (χ3v) is 1.44. The predicted octanol–water partition coefficient (Wildman–Crippen LogP) is 0.567. The standard InChI is InChI=1S/C8H14O2.C3H8O2.Pd/c1-3-5-6-8(10,4-2)7-9;1-3(2,4)5;/h3-4,9-10H,1-2,5-7H2;4-5H,1-2H3;/t8-;;/m0../s1. The van der Waals surface area contributed by atoms with Gasteiger partial charge in [0.15, 0.2) is 5.79 Å². The summed E-state index contributed by atoms with van der Waals surface area (Å²) in [4.78, 5) is 0. The van der Waals surface area contributed by atoms with E-state index in [1.165, 1.54) is 19.9 Å². The molecule has 4 nitrogen and oxygen atoms in total. The molecule has 0 bridgehead atoms. The molecular weight excluding hydrogens is 303 g/mol. The molecule has 0 heterocycles. The summed E-state index contributed by atoms with van der Waals surface area (Å²) >= 11 is 0. The summed E-state index contributed by atoms with van der Waals surface area (Å²) < 4.78 is 0. The molecule has 100 valence electrons. The van der Waals surface area contributed by atoms with Gasteiger partial charge in [0, 0.05) is 20.4 Å². The first-order valence-electron chi connectivity index (χ1n) is 4.71. The topological polar surface area (TPSA) is 80.9 Å². The minimum atomic E-state index is -1.50. The molecule has 0 aliphatic rings. The van der Waals surface area contributed by atoms with E-state index in [1.807, 2.05) is 0 Å². The second-order valence-electron chi connectivity index (χ2n) is 3.79. The average molecular weight is 325 g/mol. The van der Waals surface area contributed by atoms with Crippen molar-refractivity contribution in [3.63, 3.8) is 0 Å². The van der Waals surface area contributed by atoms with Crippen molar-refractivity contribution in [1.82, 2.24) is 0 Å². The second kappa shape index (κ2) is 10.2. The molecule has 0 amide bonds. The van der Waals surface area contributed by atoms with E-state index >= 15 is 0 Å². The Bertz CT molecular complexity index is 183. The fourth-order valence-corrected chi connectivity index (χ4v) is 0.598. The zero-order chi connectivity index (χ0) is 12.5. The summed E-state index contributed by atoms with van der Waals surface area (Å²) in [7, 11) is 0. The van der Waals surface area contributed by atoms with Crippen LogP contribution in [0.1, 0.15) is 26.7 Å². The van der Waals surface area contributed by atoms with Gasteiger partial charge in [-0.25, -0.2) is 0 Å². The Balaban J connectivity index is -0.000000242. The summed E-state index contributed by atoms with van der Waals surface area (Å²) in [5.41, 5.74) is -1.12. The fraction of sp³-hybridized carbons (Fsp3) is 0.636. The SMILES string of the molecule is C=CCC[C@@](O)(C=C)CO.CC(C)(O)O.[Pd]. The van der Waals surface area contributed by atoms with E-state index in [-0.39, 0.29) is 27.0 Å². The Morgan fingerprint density at radius 2 is 1.50 bits per heavy atom. The van der Waals surface area contributed by atoms with Gasteiger partial charge in [-0.1, -0.05) is 12.2 Å². The molecule has 0 aromatic rings. The van der Waals surface area contributed by atoms with Crippen LogP contribution in [-0.2, 0) is 20.4 Å². The maximum Gasteiger partial charge on any atom is 0.156 e. The Morgan fingerprint density at radius 1 is 1.12 bits per heavy atom. The van der Waals surface area contributed by atoms with E-state index in [9.17, 15) is 5.11 Å². The van der Waals surface area contributed by atoms with Crippen LogP contribution in [0.15, 0.2) is 25.3 Å². The van der Waals surface area contributed by atoms with Gasteiger partial charge in [0.2, 0.25) is 0 Å². The smallest absolute Gasteiger partial charge is 0.156 e. The van der Waals surface area contributed by atoms with E-state index in [0.29, 0.717) is 12.8 Å². The Hall–Kier alpha value is -0.0177. The second-order valence-corrected chi connectivity index (χ2v) is 3.79. The van der Waals surface area contributed by atoms with Crippen molar-refractivity contribution in [2.24, 2.45) is 0 Å². The summed E-state index contributed by atoms with van der Waals surface area (Å²) in [6.45, 7) is 9.24. The molecular formula is C11H22O4Pd. The zero-order valence-electron chi connectivity index (χ0n) is 9.80. The van der Waals surface area contributed by atoms with Crippen molar-refractivity contribution in [1.29, 1.82) is 0 Å². The fourth-order valence-electron chi connectivity index (χ4n) is 0.598. The summed E-state index contributed by atoms with van der Waals surface area (Å²) in [5, 5.41) is 34.2. The van der Waals surface area contributed by atoms with Crippen molar-refractivity contribution in [3.05, 3.63) is 25.3 Å². The van der Waals surface area contributed by atoms with Crippen LogP contribution >= 0.6 is 0 Å². The molecule has 0 saturated heterocycles. The molecule has 16 heavy (non-hydrogen) atoms. The van der Waals surface area contributed by atoms with Crippen LogP contribution in [0.25, 0.3) is 0 Å². The number of aliphatic hydroxyl groups is 4. The molecule has 0 saturated carbocycles. The Labute approximate surface area is 111 Å². The zero-order valence-corrected chi connectivity index (χ0v) is 11.3. The summed E-state index contributed by atoms with van der Waals surface area (Å²) in [6.07, 6.45) is 4.22. The van der Waals surface area contributed by atoms with E-state index in [1.54, 1.807) is 6.08 Å². The van der Waals surface area contributed by atoms with Crippen LogP contribution in [0, 0.1) is 0 Å². The molecule has 0 aromatic carbocycles. The normalized spacial score (nSPS) is 13.6. The van der Waals surface area contributed by atoms with Crippen LogP contribution in [0.5, 0.6) is 0 Å². The van der Waals surface area contributed by atoms with E-state index in [2.05, 4.69) is 13.2 Å². The third kappa shape index (κ3) is 19.5. The summed E-state index contributed by atoms with van der Waals surface area (Å²) in [6, 6.07) is 0. The molecule has 0 aliphatic carbocycles. The van der Waals surface area contributed by atoms with Crippen molar-refractivity contribution < 1.29 is 40.8 Å². The van der Waals surface area contributed by atoms with Crippen molar-refractivity contribution in [2.45, 2.75) is 38.1 Å². The molecule has 0 aromatic heterocycles. The number of hydrogen-bond donors (Lipinski definition) is 4. The molecule has 0 radical (unpaired) electrons. The van der Waals surface area contributed by atoms with Gasteiger partial charge in [0.25, 0.3) is 0 Å². The molecule has 4 N–H and O–H groups in total. The van der Waals surface area contributed by atoms with Crippen LogP contribution in [0.2, 0.25) is 0 Å². The minimum absolute atomic E-state index is 0. The van der Waals surface area contributed by atoms with E-state index < -0.39 is 11.4 Å². The Morgan fingerprint density at radius 3 is 1.69 bits per heavy atom. The quantitative estimate of drug-likeness (QED) is 0.338. The van der Waals surface area contributed by atoms with Crippen LogP contribution in [-0.4, -0.2) is 38.4 Å². The monoisotopic (exact) mass is 324 g/mol. The van der Waals surface area contributed by atoms with Gasteiger partial charge < -0.3 is 20.4 Å². The predicted molar refractivity (Wildman–Crippen MR) is 60.2 cm³/mol. The largest absolute Gasteiger partial charge is 0.393 e. The van der Waals surface area contributed by atoms with Crippen LogP contribution in [0.3, 0.4) is 0 Å².